The lowest BCUT2D eigenvalue weighted by atomic mass is 10.0. The summed E-state index contributed by atoms with van der Waals surface area (Å²) in [6.45, 7) is 1.98. The fraction of sp³-hybridized carbons (Fsp3) is 0.947. The molecule has 0 aromatic carbocycles. The molecular weight excluding hydrogens is 340 g/mol. The highest BCUT2D eigenvalue weighted by Crippen LogP contribution is 2.13. The molecule has 0 aromatic rings. The minimum atomic E-state index is -4.05. The molecule has 0 atom stereocenters. The Morgan fingerprint density at radius 3 is 1.56 bits per heavy atom. The topological polar surface area (TPSA) is 80.7 Å². The molecule has 0 aromatic heterocycles. The first-order valence-electron chi connectivity index (χ1n) is 10.1. The van der Waals surface area contributed by atoms with E-state index in [0.29, 0.717) is 6.42 Å². The molecule has 0 aliphatic rings. The van der Waals surface area contributed by atoms with Gasteiger partial charge in [-0.2, -0.15) is 8.42 Å². The van der Waals surface area contributed by atoms with Crippen LogP contribution in [0.25, 0.3) is 0 Å². The molecule has 0 bridgehead atoms. The third-order valence-electron chi connectivity index (χ3n) is 4.34. The number of hydrogen-bond acceptors (Lipinski definition) is 4. The fourth-order valence-electron chi connectivity index (χ4n) is 2.80. The lowest BCUT2D eigenvalue weighted by molar-refractivity contribution is -0.143. The van der Waals surface area contributed by atoms with Crippen LogP contribution in [0.2, 0.25) is 0 Å². The Labute approximate surface area is 154 Å². The van der Waals surface area contributed by atoms with Gasteiger partial charge in [0.25, 0.3) is 10.1 Å². The van der Waals surface area contributed by atoms with Gasteiger partial charge in [0.15, 0.2) is 0 Å². The monoisotopic (exact) mass is 378 g/mol. The smallest absolute Gasteiger partial charge is 0.305 e. The second kappa shape index (κ2) is 16.8. The highest BCUT2D eigenvalue weighted by atomic mass is 32.2. The molecule has 0 aliphatic heterocycles. The van der Waals surface area contributed by atoms with Crippen molar-refractivity contribution >= 4 is 16.1 Å². The molecule has 0 spiro atoms. The molecule has 25 heavy (non-hydrogen) atoms. The van der Waals surface area contributed by atoms with Gasteiger partial charge in [0, 0.05) is 6.42 Å². The molecule has 150 valence electrons. The number of esters is 1. The quantitative estimate of drug-likeness (QED) is 0.199. The van der Waals surface area contributed by atoms with Gasteiger partial charge in [-0.25, -0.2) is 0 Å². The van der Waals surface area contributed by atoms with Crippen molar-refractivity contribution in [3.05, 3.63) is 0 Å². The fourth-order valence-corrected chi connectivity index (χ4v) is 3.09. The summed E-state index contributed by atoms with van der Waals surface area (Å²) in [5.74, 6) is -0.917. The van der Waals surface area contributed by atoms with Crippen LogP contribution in [0.5, 0.6) is 0 Å². The van der Waals surface area contributed by atoms with E-state index in [9.17, 15) is 13.2 Å². The molecule has 0 amide bonds. The van der Waals surface area contributed by atoms with Gasteiger partial charge in [0.2, 0.25) is 0 Å². The standard InChI is InChI=1S/C19H38O5S/c1-2-3-4-5-6-7-8-9-10-11-12-13-14-15-16-19(20)24-17-18-25(21,22)23/h2-18H2,1H3,(H,21,22,23). The van der Waals surface area contributed by atoms with Gasteiger partial charge in [0.05, 0.1) is 0 Å². The van der Waals surface area contributed by atoms with Gasteiger partial charge in [-0.15, -0.1) is 0 Å². The van der Waals surface area contributed by atoms with E-state index in [0.717, 1.165) is 19.3 Å². The van der Waals surface area contributed by atoms with Crippen LogP contribution in [-0.4, -0.2) is 31.3 Å². The number of unbranched alkanes of at least 4 members (excludes halogenated alkanes) is 13. The number of carbonyl (C=O) groups excluding carboxylic acids is 1. The number of carbonyl (C=O) groups is 1. The summed E-state index contributed by atoms with van der Waals surface area (Å²) in [7, 11) is -4.05. The number of rotatable bonds is 18. The van der Waals surface area contributed by atoms with Gasteiger partial charge >= 0.3 is 5.97 Å². The molecular formula is C19H38O5S. The first-order valence-corrected chi connectivity index (χ1v) is 11.7. The van der Waals surface area contributed by atoms with Gasteiger partial charge < -0.3 is 4.74 Å². The second-order valence-electron chi connectivity index (χ2n) is 6.85. The van der Waals surface area contributed by atoms with Crippen molar-refractivity contribution in [2.24, 2.45) is 0 Å². The summed E-state index contributed by atoms with van der Waals surface area (Å²) in [4.78, 5) is 11.3. The lowest BCUT2D eigenvalue weighted by Gasteiger charge is -2.04. The van der Waals surface area contributed by atoms with Gasteiger partial charge in [0.1, 0.15) is 12.4 Å². The third kappa shape index (κ3) is 21.3. The molecule has 0 aliphatic carbocycles. The Kier molecular flexibility index (Phi) is 16.4. The van der Waals surface area contributed by atoms with Gasteiger partial charge in [-0.1, -0.05) is 90.4 Å². The summed E-state index contributed by atoms with van der Waals surface area (Å²) in [5, 5.41) is 0. The Balaban J connectivity index is 3.19. The Morgan fingerprint density at radius 1 is 0.760 bits per heavy atom. The largest absolute Gasteiger partial charge is 0.464 e. The summed E-state index contributed by atoms with van der Waals surface area (Å²) in [6.07, 6.45) is 18.0. The van der Waals surface area contributed by atoms with Gasteiger partial charge in [-0.05, 0) is 6.42 Å². The molecule has 0 fully saturated rings. The first-order chi connectivity index (χ1) is 12.0. The van der Waals surface area contributed by atoms with E-state index in [1.165, 1.54) is 70.6 Å². The summed E-state index contributed by atoms with van der Waals surface area (Å²) >= 11 is 0. The van der Waals surface area contributed by atoms with Crippen LogP contribution >= 0.6 is 0 Å². The molecule has 0 heterocycles. The summed E-state index contributed by atoms with van der Waals surface area (Å²) < 4.78 is 34.2. The van der Waals surface area contributed by atoms with E-state index in [-0.39, 0.29) is 12.6 Å². The normalized spacial score (nSPS) is 11.6. The zero-order valence-electron chi connectivity index (χ0n) is 16.0. The van der Waals surface area contributed by atoms with Crippen LogP contribution in [0.4, 0.5) is 0 Å². The minimum Gasteiger partial charge on any atom is -0.464 e. The van der Waals surface area contributed by atoms with Crippen molar-refractivity contribution in [1.29, 1.82) is 0 Å². The predicted molar refractivity (Wildman–Crippen MR) is 102 cm³/mol. The average molecular weight is 379 g/mol. The molecule has 0 radical (unpaired) electrons. The number of hydrogen-bond donors (Lipinski definition) is 1. The predicted octanol–water partition coefficient (Wildman–Crippen LogP) is 5.29. The first kappa shape index (κ1) is 24.4. The van der Waals surface area contributed by atoms with Crippen molar-refractivity contribution in [2.75, 3.05) is 12.4 Å². The highest BCUT2D eigenvalue weighted by molar-refractivity contribution is 7.85. The van der Waals surface area contributed by atoms with Crippen LogP contribution in [-0.2, 0) is 19.6 Å². The van der Waals surface area contributed by atoms with Crippen molar-refractivity contribution in [1.82, 2.24) is 0 Å². The van der Waals surface area contributed by atoms with E-state index in [1.54, 1.807) is 0 Å². The average Bonchev–Trinajstić information content (AvgIpc) is 2.54. The van der Waals surface area contributed by atoms with E-state index in [1.807, 2.05) is 0 Å². The van der Waals surface area contributed by atoms with Crippen LogP contribution in [0.15, 0.2) is 0 Å². The Bertz CT molecular complexity index is 406. The molecule has 1 N–H and O–H groups in total. The molecule has 5 nitrogen and oxygen atoms in total. The molecule has 0 unspecified atom stereocenters. The number of ether oxygens (including phenoxy) is 1. The summed E-state index contributed by atoms with van der Waals surface area (Å²) in [6, 6.07) is 0. The molecule has 0 rings (SSSR count). The van der Waals surface area contributed by atoms with Crippen molar-refractivity contribution in [2.45, 2.75) is 103 Å². The molecule has 0 saturated heterocycles. The van der Waals surface area contributed by atoms with Crippen LogP contribution in [0.3, 0.4) is 0 Å². The molecule has 0 saturated carbocycles. The SMILES string of the molecule is CCCCCCCCCCCCCCCCC(=O)OCCS(=O)(=O)O. The molecule has 6 heteroatoms. The van der Waals surface area contributed by atoms with Gasteiger partial charge in [-0.3, -0.25) is 9.35 Å². The van der Waals surface area contributed by atoms with E-state index in [4.69, 9.17) is 9.29 Å². The maximum Gasteiger partial charge on any atom is 0.305 e. The maximum atomic E-state index is 11.3. The Hall–Kier alpha value is -0.620. The van der Waals surface area contributed by atoms with Crippen LogP contribution in [0, 0.1) is 0 Å². The van der Waals surface area contributed by atoms with Crippen molar-refractivity contribution < 1.29 is 22.5 Å². The maximum absolute atomic E-state index is 11.3. The Morgan fingerprint density at radius 2 is 1.16 bits per heavy atom. The lowest BCUT2D eigenvalue weighted by Crippen LogP contribution is -2.14. The highest BCUT2D eigenvalue weighted by Gasteiger charge is 2.07. The summed E-state index contributed by atoms with van der Waals surface area (Å²) in [5.41, 5.74) is 0. The van der Waals surface area contributed by atoms with E-state index >= 15 is 0 Å². The second-order valence-corrected chi connectivity index (χ2v) is 8.42. The zero-order chi connectivity index (χ0) is 18.8. The van der Waals surface area contributed by atoms with E-state index in [2.05, 4.69) is 6.92 Å². The minimum absolute atomic E-state index is 0.268. The van der Waals surface area contributed by atoms with Crippen LogP contribution in [0.1, 0.15) is 103 Å². The van der Waals surface area contributed by atoms with Crippen LogP contribution < -0.4 is 0 Å². The van der Waals surface area contributed by atoms with Crippen molar-refractivity contribution in [3.8, 4) is 0 Å². The van der Waals surface area contributed by atoms with E-state index < -0.39 is 15.9 Å². The van der Waals surface area contributed by atoms with Crippen molar-refractivity contribution in [3.63, 3.8) is 0 Å². The third-order valence-corrected chi connectivity index (χ3v) is 5.02. The zero-order valence-corrected chi connectivity index (χ0v) is 16.8.